The van der Waals surface area contributed by atoms with Gasteiger partial charge in [0.15, 0.2) is 0 Å². The standard InChI is InChI=1S/C16H22O2/c1-15(2,3)8-9-16(14(17)18)10-12-6-4-5-7-13(12)11-16/h4-7H,8-11H2,1-3H3,(H,17,18). The van der Waals surface area contributed by atoms with Crippen LogP contribution in [0.1, 0.15) is 44.7 Å². The molecule has 1 aromatic carbocycles. The zero-order valence-electron chi connectivity index (χ0n) is 11.5. The summed E-state index contributed by atoms with van der Waals surface area (Å²) in [4.78, 5) is 11.7. The summed E-state index contributed by atoms with van der Waals surface area (Å²) in [5.41, 5.74) is 2.05. The van der Waals surface area contributed by atoms with Crippen LogP contribution in [0, 0.1) is 10.8 Å². The van der Waals surface area contributed by atoms with E-state index in [0.29, 0.717) is 12.8 Å². The molecule has 0 bridgehead atoms. The van der Waals surface area contributed by atoms with Gasteiger partial charge < -0.3 is 5.11 Å². The Labute approximate surface area is 109 Å². The highest BCUT2D eigenvalue weighted by Crippen LogP contribution is 2.42. The average molecular weight is 246 g/mol. The molecule has 0 saturated heterocycles. The number of benzene rings is 1. The van der Waals surface area contributed by atoms with Gasteiger partial charge in [-0.05, 0) is 42.2 Å². The molecule has 18 heavy (non-hydrogen) atoms. The van der Waals surface area contributed by atoms with Gasteiger partial charge in [-0.1, -0.05) is 45.0 Å². The third kappa shape index (κ3) is 2.58. The van der Waals surface area contributed by atoms with Crippen LogP contribution in [0.2, 0.25) is 0 Å². The molecule has 0 saturated carbocycles. The van der Waals surface area contributed by atoms with Gasteiger partial charge in [-0.15, -0.1) is 0 Å². The van der Waals surface area contributed by atoms with E-state index in [1.54, 1.807) is 0 Å². The predicted molar refractivity (Wildman–Crippen MR) is 72.6 cm³/mol. The van der Waals surface area contributed by atoms with Crippen molar-refractivity contribution in [1.29, 1.82) is 0 Å². The molecule has 0 unspecified atom stereocenters. The van der Waals surface area contributed by atoms with E-state index >= 15 is 0 Å². The van der Waals surface area contributed by atoms with Gasteiger partial charge in [-0.25, -0.2) is 0 Å². The summed E-state index contributed by atoms with van der Waals surface area (Å²) in [6.07, 6.45) is 3.09. The molecule has 0 heterocycles. The molecule has 0 fully saturated rings. The lowest BCUT2D eigenvalue weighted by molar-refractivity contribution is -0.149. The van der Waals surface area contributed by atoms with Crippen LogP contribution in [0.25, 0.3) is 0 Å². The van der Waals surface area contributed by atoms with Crippen molar-refractivity contribution >= 4 is 5.97 Å². The van der Waals surface area contributed by atoms with Crippen molar-refractivity contribution in [3.05, 3.63) is 35.4 Å². The first-order valence-electron chi connectivity index (χ1n) is 6.63. The number of fused-ring (bicyclic) bond motifs is 1. The Morgan fingerprint density at radius 3 is 2.11 bits per heavy atom. The molecule has 1 aliphatic carbocycles. The minimum absolute atomic E-state index is 0.192. The number of aliphatic carboxylic acids is 1. The molecule has 2 nitrogen and oxygen atoms in total. The van der Waals surface area contributed by atoms with E-state index in [4.69, 9.17) is 0 Å². The van der Waals surface area contributed by atoms with E-state index in [-0.39, 0.29) is 5.41 Å². The SMILES string of the molecule is CC(C)(C)CCC1(C(=O)O)Cc2ccccc2C1. The molecule has 0 atom stereocenters. The molecule has 1 aromatic rings. The Morgan fingerprint density at radius 2 is 1.72 bits per heavy atom. The van der Waals surface area contributed by atoms with Crippen LogP contribution in [0.3, 0.4) is 0 Å². The van der Waals surface area contributed by atoms with Crippen molar-refractivity contribution in [1.82, 2.24) is 0 Å². The molecule has 1 aliphatic rings. The fourth-order valence-electron chi connectivity index (χ4n) is 2.74. The van der Waals surface area contributed by atoms with Crippen LogP contribution in [-0.4, -0.2) is 11.1 Å². The zero-order valence-corrected chi connectivity index (χ0v) is 11.5. The molecule has 2 heteroatoms. The molecule has 0 spiro atoms. The van der Waals surface area contributed by atoms with Gasteiger partial charge in [-0.3, -0.25) is 4.79 Å². The quantitative estimate of drug-likeness (QED) is 0.883. The maximum atomic E-state index is 11.7. The van der Waals surface area contributed by atoms with Crippen molar-refractivity contribution < 1.29 is 9.90 Å². The summed E-state index contributed by atoms with van der Waals surface area (Å²) in [5, 5.41) is 9.63. The fourth-order valence-corrected chi connectivity index (χ4v) is 2.74. The smallest absolute Gasteiger partial charge is 0.310 e. The van der Waals surface area contributed by atoms with Gasteiger partial charge in [0.25, 0.3) is 0 Å². The zero-order chi connectivity index (χ0) is 13.4. The van der Waals surface area contributed by atoms with E-state index in [1.807, 2.05) is 12.1 Å². The van der Waals surface area contributed by atoms with Crippen LogP contribution < -0.4 is 0 Å². The Hall–Kier alpha value is -1.31. The number of carbonyl (C=O) groups is 1. The molecule has 1 N–H and O–H groups in total. The van der Waals surface area contributed by atoms with Crippen LogP contribution in [0.5, 0.6) is 0 Å². The number of carboxylic acids is 1. The lowest BCUT2D eigenvalue weighted by atomic mass is 9.75. The summed E-state index contributed by atoms with van der Waals surface area (Å²) in [6.45, 7) is 6.51. The number of rotatable bonds is 3. The minimum atomic E-state index is -0.636. The van der Waals surface area contributed by atoms with Gasteiger partial charge in [0.05, 0.1) is 5.41 Å². The first-order chi connectivity index (χ1) is 8.32. The fraction of sp³-hybridized carbons (Fsp3) is 0.562. The van der Waals surface area contributed by atoms with E-state index in [9.17, 15) is 9.90 Å². The normalized spacial score (nSPS) is 17.5. The van der Waals surface area contributed by atoms with Gasteiger partial charge in [-0.2, -0.15) is 0 Å². The average Bonchev–Trinajstić information content (AvgIpc) is 2.65. The van der Waals surface area contributed by atoms with Crippen molar-refractivity contribution in [2.45, 2.75) is 46.5 Å². The molecule has 0 amide bonds. The maximum absolute atomic E-state index is 11.7. The third-order valence-corrected chi connectivity index (χ3v) is 3.98. The monoisotopic (exact) mass is 246 g/mol. The molecular formula is C16H22O2. The van der Waals surface area contributed by atoms with Gasteiger partial charge in [0, 0.05) is 0 Å². The summed E-state index contributed by atoms with van der Waals surface area (Å²) < 4.78 is 0. The van der Waals surface area contributed by atoms with Gasteiger partial charge in [0.1, 0.15) is 0 Å². The second-order valence-corrected chi connectivity index (χ2v) is 6.77. The van der Waals surface area contributed by atoms with E-state index < -0.39 is 11.4 Å². The summed E-state index contributed by atoms with van der Waals surface area (Å²) >= 11 is 0. The van der Waals surface area contributed by atoms with Crippen LogP contribution in [0.15, 0.2) is 24.3 Å². The highest BCUT2D eigenvalue weighted by Gasteiger charge is 2.43. The number of carboxylic acid groups (broad SMARTS) is 1. The van der Waals surface area contributed by atoms with Crippen molar-refractivity contribution in [2.24, 2.45) is 10.8 Å². The Morgan fingerprint density at radius 1 is 1.22 bits per heavy atom. The van der Waals surface area contributed by atoms with Crippen LogP contribution in [-0.2, 0) is 17.6 Å². The Balaban J connectivity index is 2.20. The summed E-state index contributed by atoms with van der Waals surface area (Å²) in [7, 11) is 0. The maximum Gasteiger partial charge on any atom is 0.310 e. The molecular weight excluding hydrogens is 224 g/mol. The van der Waals surface area contributed by atoms with Crippen LogP contribution in [0.4, 0.5) is 0 Å². The number of hydrogen-bond acceptors (Lipinski definition) is 1. The Bertz CT molecular complexity index is 429. The summed E-state index contributed by atoms with van der Waals surface area (Å²) in [6, 6.07) is 8.13. The second-order valence-electron chi connectivity index (χ2n) is 6.77. The first-order valence-corrected chi connectivity index (χ1v) is 6.63. The lowest BCUT2D eigenvalue weighted by Crippen LogP contribution is -2.33. The van der Waals surface area contributed by atoms with E-state index in [2.05, 4.69) is 32.9 Å². The third-order valence-electron chi connectivity index (χ3n) is 3.98. The molecule has 2 rings (SSSR count). The van der Waals surface area contributed by atoms with Gasteiger partial charge in [0.2, 0.25) is 0 Å². The van der Waals surface area contributed by atoms with Gasteiger partial charge >= 0.3 is 5.97 Å². The topological polar surface area (TPSA) is 37.3 Å². The minimum Gasteiger partial charge on any atom is -0.481 e. The van der Waals surface area contributed by atoms with E-state index in [0.717, 1.165) is 12.8 Å². The first kappa shape index (κ1) is 13.1. The van der Waals surface area contributed by atoms with Crippen molar-refractivity contribution in [3.63, 3.8) is 0 Å². The highest BCUT2D eigenvalue weighted by molar-refractivity contribution is 5.77. The highest BCUT2D eigenvalue weighted by atomic mass is 16.4. The molecule has 0 aromatic heterocycles. The van der Waals surface area contributed by atoms with E-state index in [1.165, 1.54) is 11.1 Å². The lowest BCUT2D eigenvalue weighted by Gasteiger charge is -2.28. The van der Waals surface area contributed by atoms with Crippen LogP contribution >= 0.6 is 0 Å². The predicted octanol–water partition coefficient (Wildman–Crippen LogP) is 3.68. The largest absolute Gasteiger partial charge is 0.481 e. The summed E-state index contributed by atoms with van der Waals surface area (Å²) in [5.74, 6) is -0.636. The second kappa shape index (κ2) is 4.42. The molecule has 0 radical (unpaired) electrons. The van der Waals surface area contributed by atoms with Crippen molar-refractivity contribution in [2.75, 3.05) is 0 Å². The molecule has 0 aliphatic heterocycles. The number of hydrogen-bond donors (Lipinski definition) is 1. The van der Waals surface area contributed by atoms with Crippen molar-refractivity contribution in [3.8, 4) is 0 Å². The molecule has 98 valence electrons. The Kier molecular flexibility index (Phi) is 3.22.